The minimum Gasteiger partial charge on any atom is -0.493 e. The van der Waals surface area contributed by atoms with Gasteiger partial charge < -0.3 is 24.6 Å². The van der Waals surface area contributed by atoms with Gasteiger partial charge in [-0.05, 0) is 29.7 Å². The molecule has 1 atom stereocenters. The van der Waals surface area contributed by atoms with Gasteiger partial charge in [-0.3, -0.25) is 9.59 Å². The van der Waals surface area contributed by atoms with E-state index in [9.17, 15) is 14.4 Å². The molecular formula is C25H31N5O5. The van der Waals surface area contributed by atoms with Gasteiger partial charge in [-0.15, -0.1) is 0 Å². The number of benzene rings is 2. The van der Waals surface area contributed by atoms with Crippen LogP contribution in [-0.2, 0) is 22.6 Å². The van der Waals surface area contributed by atoms with Gasteiger partial charge in [0.1, 0.15) is 12.7 Å². The van der Waals surface area contributed by atoms with E-state index in [0.717, 1.165) is 11.1 Å². The van der Waals surface area contributed by atoms with E-state index in [-0.39, 0.29) is 37.5 Å². The number of rotatable bonds is 7. The number of nitrogens with zero attached hydrogens (tertiary/aromatic N) is 4. The van der Waals surface area contributed by atoms with E-state index in [1.165, 1.54) is 4.90 Å². The third kappa shape index (κ3) is 5.32. The summed E-state index contributed by atoms with van der Waals surface area (Å²) in [5, 5.41) is 6.09. The Morgan fingerprint density at radius 1 is 0.971 bits per heavy atom. The summed E-state index contributed by atoms with van der Waals surface area (Å²) in [6.07, 6.45) is 0.0307. The maximum absolute atomic E-state index is 13.1. The van der Waals surface area contributed by atoms with Crippen LogP contribution in [0.5, 0.6) is 11.5 Å². The van der Waals surface area contributed by atoms with Gasteiger partial charge in [-0.25, -0.2) is 14.8 Å². The lowest BCUT2D eigenvalue weighted by Gasteiger charge is -2.51. The van der Waals surface area contributed by atoms with Gasteiger partial charge in [-0.1, -0.05) is 36.4 Å². The monoisotopic (exact) mass is 481 g/mol. The number of amides is 4. The molecule has 10 nitrogen and oxygen atoms in total. The lowest BCUT2D eigenvalue weighted by Crippen LogP contribution is -2.73. The first-order chi connectivity index (χ1) is 16.9. The minimum atomic E-state index is -0.569. The summed E-state index contributed by atoms with van der Waals surface area (Å²) < 4.78 is 10.7. The third-order valence-corrected chi connectivity index (χ3v) is 6.35. The molecule has 2 aromatic carbocycles. The maximum atomic E-state index is 13.1. The molecule has 0 saturated carbocycles. The summed E-state index contributed by atoms with van der Waals surface area (Å²) in [4.78, 5) is 41.9. The second-order valence-electron chi connectivity index (χ2n) is 8.59. The van der Waals surface area contributed by atoms with Gasteiger partial charge in [-0.2, -0.15) is 0 Å². The smallest absolute Gasteiger partial charge is 0.334 e. The van der Waals surface area contributed by atoms with E-state index < -0.39 is 6.17 Å². The number of fused-ring (bicyclic) bond motifs is 1. The molecule has 1 unspecified atom stereocenters. The lowest BCUT2D eigenvalue weighted by atomic mass is 10.1. The molecule has 2 heterocycles. The van der Waals surface area contributed by atoms with Crippen molar-refractivity contribution in [1.82, 2.24) is 25.1 Å². The second kappa shape index (κ2) is 10.6. The predicted molar refractivity (Wildman–Crippen MR) is 128 cm³/mol. The summed E-state index contributed by atoms with van der Waals surface area (Å²) in [6, 6.07) is 15.0. The van der Waals surface area contributed by atoms with Gasteiger partial charge in [0.15, 0.2) is 11.5 Å². The van der Waals surface area contributed by atoms with Crippen LogP contribution in [-0.4, -0.2) is 91.3 Å². The molecule has 4 amide bonds. The van der Waals surface area contributed by atoms with E-state index in [1.54, 1.807) is 36.2 Å². The van der Waals surface area contributed by atoms with Crippen molar-refractivity contribution in [2.24, 2.45) is 0 Å². The fourth-order valence-corrected chi connectivity index (χ4v) is 4.46. The molecule has 1 N–H and O–H groups in total. The van der Waals surface area contributed by atoms with Crippen molar-refractivity contribution >= 4 is 17.8 Å². The Bertz CT molecular complexity index is 1080. The molecule has 0 aromatic heterocycles. The van der Waals surface area contributed by atoms with Crippen LogP contribution in [0.3, 0.4) is 0 Å². The Morgan fingerprint density at radius 2 is 1.71 bits per heavy atom. The largest absolute Gasteiger partial charge is 0.493 e. The quantitative estimate of drug-likeness (QED) is 0.641. The second-order valence-corrected chi connectivity index (χ2v) is 8.59. The average Bonchev–Trinajstić information content (AvgIpc) is 2.87. The molecule has 186 valence electrons. The van der Waals surface area contributed by atoms with Crippen molar-refractivity contribution < 1.29 is 23.9 Å². The number of hydrogen-bond donors (Lipinski definition) is 1. The number of piperazine rings is 1. The Labute approximate surface area is 204 Å². The van der Waals surface area contributed by atoms with Crippen molar-refractivity contribution in [3.05, 3.63) is 59.7 Å². The molecule has 35 heavy (non-hydrogen) atoms. The van der Waals surface area contributed by atoms with Crippen molar-refractivity contribution in [2.75, 3.05) is 47.4 Å². The molecule has 2 aliphatic heterocycles. The lowest BCUT2D eigenvalue weighted by molar-refractivity contribution is -0.178. The van der Waals surface area contributed by atoms with Gasteiger partial charge in [0.05, 0.1) is 27.3 Å². The fourth-order valence-electron chi connectivity index (χ4n) is 4.46. The van der Waals surface area contributed by atoms with E-state index in [4.69, 9.17) is 9.47 Å². The Hall–Kier alpha value is -3.79. The number of carbonyl (C=O) groups is 3. The molecule has 2 saturated heterocycles. The van der Waals surface area contributed by atoms with Crippen LogP contribution >= 0.6 is 0 Å². The van der Waals surface area contributed by atoms with Gasteiger partial charge in [0.2, 0.25) is 11.8 Å². The number of carbonyl (C=O) groups excluding carboxylic acids is 3. The number of hydrazine groups is 1. The zero-order valence-corrected chi connectivity index (χ0v) is 20.3. The van der Waals surface area contributed by atoms with Crippen LogP contribution < -0.4 is 14.8 Å². The Morgan fingerprint density at radius 3 is 2.43 bits per heavy atom. The van der Waals surface area contributed by atoms with Crippen molar-refractivity contribution in [3.63, 3.8) is 0 Å². The summed E-state index contributed by atoms with van der Waals surface area (Å²) in [5.74, 6) is 0.963. The van der Waals surface area contributed by atoms with Crippen LogP contribution in [0, 0.1) is 0 Å². The molecule has 10 heteroatoms. The van der Waals surface area contributed by atoms with Gasteiger partial charge in [0, 0.05) is 20.1 Å². The normalized spacial score (nSPS) is 18.4. The molecule has 2 aliphatic rings. The van der Waals surface area contributed by atoms with Crippen LogP contribution in [0.15, 0.2) is 48.5 Å². The molecular weight excluding hydrogens is 450 g/mol. The number of urea groups is 1. The Kier molecular flexibility index (Phi) is 7.40. The highest BCUT2D eigenvalue weighted by atomic mass is 16.5. The summed E-state index contributed by atoms with van der Waals surface area (Å²) in [6.45, 7) is 1.05. The summed E-state index contributed by atoms with van der Waals surface area (Å²) in [7, 11) is 4.88. The van der Waals surface area contributed by atoms with Gasteiger partial charge >= 0.3 is 6.03 Å². The van der Waals surface area contributed by atoms with Crippen molar-refractivity contribution in [3.8, 4) is 11.5 Å². The standard InChI is InChI=1S/C25H31N5O5/c1-27-16-24(32)29-17-23(31)28(12-11-18-9-10-20(34-2)21(13-18)35-3)15-22(29)30(27)25(33)26-14-19-7-5-4-6-8-19/h4-10,13,22H,11-12,14-17H2,1-3H3,(H,26,33). The predicted octanol–water partition coefficient (Wildman–Crippen LogP) is 1.32. The molecule has 0 aliphatic carbocycles. The number of methoxy groups -OCH3 is 2. The van der Waals surface area contributed by atoms with Crippen LogP contribution in [0.2, 0.25) is 0 Å². The number of likely N-dealkylation sites (N-methyl/N-ethyl adjacent to an activating group) is 1. The molecule has 0 spiro atoms. The zero-order valence-electron chi connectivity index (χ0n) is 20.3. The van der Waals surface area contributed by atoms with Crippen LogP contribution in [0.4, 0.5) is 4.79 Å². The van der Waals surface area contributed by atoms with E-state index in [0.29, 0.717) is 31.0 Å². The van der Waals surface area contributed by atoms with E-state index >= 15 is 0 Å². The van der Waals surface area contributed by atoms with Crippen molar-refractivity contribution in [2.45, 2.75) is 19.1 Å². The molecule has 2 aromatic rings. The minimum absolute atomic E-state index is 0.0359. The highest BCUT2D eigenvalue weighted by Crippen LogP contribution is 2.28. The fraction of sp³-hybridized carbons (Fsp3) is 0.400. The Balaban J connectivity index is 1.45. The number of nitrogens with one attached hydrogen (secondary N) is 1. The highest BCUT2D eigenvalue weighted by Gasteiger charge is 2.45. The third-order valence-electron chi connectivity index (χ3n) is 6.35. The van der Waals surface area contributed by atoms with Gasteiger partial charge in [0.25, 0.3) is 0 Å². The molecule has 0 radical (unpaired) electrons. The molecule has 4 rings (SSSR count). The zero-order chi connectivity index (χ0) is 24.9. The van der Waals surface area contributed by atoms with E-state index in [1.807, 2.05) is 48.5 Å². The highest BCUT2D eigenvalue weighted by molar-refractivity contribution is 5.89. The number of hydrogen-bond acceptors (Lipinski definition) is 6. The average molecular weight is 482 g/mol. The first-order valence-electron chi connectivity index (χ1n) is 11.5. The van der Waals surface area contributed by atoms with Crippen molar-refractivity contribution in [1.29, 1.82) is 0 Å². The maximum Gasteiger partial charge on any atom is 0.334 e. The SMILES string of the molecule is COc1ccc(CCN2CC3N(CC2=O)C(=O)CN(C)N3C(=O)NCc2ccccc2)cc1OC. The summed E-state index contributed by atoms with van der Waals surface area (Å²) >= 11 is 0. The van der Waals surface area contributed by atoms with E-state index in [2.05, 4.69) is 5.32 Å². The molecule has 0 bridgehead atoms. The topological polar surface area (TPSA) is 94.7 Å². The first kappa shape index (κ1) is 24.3. The number of ether oxygens (including phenoxy) is 2. The molecule has 2 fully saturated rings. The first-order valence-corrected chi connectivity index (χ1v) is 11.5. The van der Waals surface area contributed by atoms with Crippen LogP contribution in [0.1, 0.15) is 11.1 Å². The van der Waals surface area contributed by atoms with Crippen LogP contribution in [0.25, 0.3) is 0 Å². The summed E-state index contributed by atoms with van der Waals surface area (Å²) in [5.41, 5.74) is 1.97.